The lowest BCUT2D eigenvalue weighted by molar-refractivity contribution is 0.587. The molecule has 0 fully saturated rings. The van der Waals surface area contributed by atoms with Gasteiger partial charge < -0.3 is 5.73 Å². The Hall–Kier alpha value is -1.40. The van der Waals surface area contributed by atoms with Gasteiger partial charge >= 0.3 is 0 Å². The lowest BCUT2D eigenvalue weighted by Crippen LogP contribution is -2.09. The number of anilines is 1. The van der Waals surface area contributed by atoms with Crippen LogP contribution in [-0.4, -0.2) is 8.42 Å². The summed E-state index contributed by atoms with van der Waals surface area (Å²) < 4.78 is 38.6. The number of nitrogen functional groups attached to an aromatic ring is 1. The molecule has 0 atom stereocenters. The van der Waals surface area contributed by atoms with Crippen molar-refractivity contribution < 1.29 is 12.8 Å². The molecule has 2 aromatic carbocycles. The zero-order chi connectivity index (χ0) is 14.0. The van der Waals surface area contributed by atoms with Crippen LogP contribution in [0.15, 0.2) is 51.8 Å². The zero-order valence-corrected chi connectivity index (χ0v) is 12.2. The molecule has 0 unspecified atom stereocenters. The molecule has 19 heavy (non-hydrogen) atoms. The standard InChI is InChI=1S/C13H11BrFNO2S/c14-10-5-6-13(12(16)7-10)19(17,18)8-9-3-1-2-4-11(9)15/h1-7H,8,16H2. The third kappa shape index (κ3) is 3.13. The lowest BCUT2D eigenvalue weighted by Gasteiger charge is -2.08. The number of nitrogens with two attached hydrogens (primary N) is 1. The van der Waals surface area contributed by atoms with E-state index in [1.807, 2.05) is 0 Å². The van der Waals surface area contributed by atoms with Crippen LogP contribution in [0.1, 0.15) is 5.56 Å². The predicted octanol–water partition coefficient (Wildman–Crippen LogP) is 3.14. The summed E-state index contributed by atoms with van der Waals surface area (Å²) in [6.07, 6.45) is 0. The third-order valence-electron chi connectivity index (χ3n) is 2.61. The Morgan fingerprint density at radius 3 is 2.47 bits per heavy atom. The lowest BCUT2D eigenvalue weighted by atomic mass is 10.2. The van der Waals surface area contributed by atoms with Crippen LogP contribution in [-0.2, 0) is 15.6 Å². The van der Waals surface area contributed by atoms with Gasteiger partial charge in [0.1, 0.15) is 5.82 Å². The van der Waals surface area contributed by atoms with E-state index < -0.39 is 21.4 Å². The van der Waals surface area contributed by atoms with E-state index in [1.54, 1.807) is 12.1 Å². The Kier molecular flexibility index (Phi) is 3.91. The fourth-order valence-corrected chi connectivity index (χ4v) is 3.57. The highest BCUT2D eigenvalue weighted by Crippen LogP contribution is 2.26. The summed E-state index contributed by atoms with van der Waals surface area (Å²) in [5.41, 5.74) is 5.97. The maximum Gasteiger partial charge on any atom is 0.184 e. The van der Waals surface area contributed by atoms with Gasteiger partial charge in [-0.1, -0.05) is 34.1 Å². The second-order valence-electron chi connectivity index (χ2n) is 4.03. The quantitative estimate of drug-likeness (QED) is 0.871. The van der Waals surface area contributed by atoms with Crippen molar-refractivity contribution in [1.82, 2.24) is 0 Å². The molecule has 2 N–H and O–H groups in total. The summed E-state index contributed by atoms with van der Waals surface area (Å²) in [6.45, 7) is 0. The van der Waals surface area contributed by atoms with Crippen LogP contribution < -0.4 is 5.73 Å². The fourth-order valence-electron chi connectivity index (χ4n) is 1.70. The van der Waals surface area contributed by atoms with Crippen LogP contribution in [0.3, 0.4) is 0 Å². The van der Waals surface area contributed by atoms with Crippen LogP contribution in [0.4, 0.5) is 10.1 Å². The van der Waals surface area contributed by atoms with E-state index >= 15 is 0 Å². The smallest absolute Gasteiger partial charge is 0.184 e. The maximum atomic E-state index is 13.5. The van der Waals surface area contributed by atoms with E-state index in [4.69, 9.17) is 5.73 Å². The van der Waals surface area contributed by atoms with Crippen molar-refractivity contribution in [3.8, 4) is 0 Å². The first-order valence-electron chi connectivity index (χ1n) is 5.41. The number of rotatable bonds is 3. The van der Waals surface area contributed by atoms with Gasteiger partial charge in [0.2, 0.25) is 0 Å². The molecule has 0 saturated heterocycles. The molecule has 0 aliphatic rings. The minimum Gasteiger partial charge on any atom is -0.398 e. The van der Waals surface area contributed by atoms with Crippen LogP contribution in [0, 0.1) is 5.82 Å². The number of benzene rings is 2. The van der Waals surface area contributed by atoms with Crippen LogP contribution in [0.5, 0.6) is 0 Å². The molecule has 100 valence electrons. The van der Waals surface area contributed by atoms with E-state index in [2.05, 4.69) is 15.9 Å². The molecular weight excluding hydrogens is 333 g/mol. The average Bonchev–Trinajstić information content (AvgIpc) is 2.31. The van der Waals surface area contributed by atoms with E-state index in [1.165, 1.54) is 30.3 Å². The topological polar surface area (TPSA) is 60.2 Å². The molecular formula is C13H11BrFNO2S. The van der Waals surface area contributed by atoms with E-state index in [-0.39, 0.29) is 16.1 Å². The monoisotopic (exact) mass is 343 g/mol. The number of halogens is 2. The van der Waals surface area contributed by atoms with Crippen molar-refractivity contribution in [3.05, 3.63) is 58.3 Å². The predicted molar refractivity (Wildman–Crippen MR) is 75.8 cm³/mol. The maximum absolute atomic E-state index is 13.5. The molecule has 0 amide bonds. The molecule has 0 heterocycles. The first-order chi connectivity index (χ1) is 8.90. The Balaban J connectivity index is 2.41. The normalized spacial score (nSPS) is 11.5. The van der Waals surface area contributed by atoms with Crippen molar-refractivity contribution >= 4 is 31.5 Å². The summed E-state index contributed by atoms with van der Waals surface area (Å²) in [7, 11) is -3.67. The first kappa shape index (κ1) is 14.0. The van der Waals surface area contributed by atoms with Gasteiger partial charge in [-0.05, 0) is 24.3 Å². The van der Waals surface area contributed by atoms with Crippen molar-refractivity contribution in [2.45, 2.75) is 10.6 Å². The minimum absolute atomic E-state index is 0.0129. The van der Waals surface area contributed by atoms with Gasteiger partial charge in [-0.3, -0.25) is 0 Å². The summed E-state index contributed by atoms with van der Waals surface area (Å²) >= 11 is 3.21. The molecule has 0 aliphatic heterocycles. The number of hydrogen-bond donors (Lipinski definition) is 1. The van der Waals surface area contributed by atoms with Gasteiger partial charge in [-0.2, -0.15) is 0 Å². The molecule has 2 rings (SSSR count). The average molecular weight is 344 g/mol. The van der Waals surface area contributed by atoms with E-state index in [0.717, 1.165) is 0 Å². The minimum atomic E-state index is -3.67. The highest BCUT2D eigenvalue weighted by molar-refractivity contribution is 9.10. The Labute approximate surface area is 119 Å². The van der Waals surface area contributed by atoms with Gasteiger partial charge in [-0.15, -0.1) is 0 Å². The molecule has 2 aromatic rings. The third-order valence-corrected chi connectivity index (χ3v) is 4.84. The Bertz CT molecular complexity index is 716. The second kappa shape index (κ2) is 5.30. The van der Waals surface area contributed by atoms with Gasteiger partial charge in [0.05, 0.1) is 16.3 Å². The highest BCUT2D eigenvalue weighted by atomic mass is 79.9. The zero-order valence-electron chi connectivity index (χ0n) is 9.81. The van der Waals surface area contributed by atoms with Crippen molar-refractivity contribution in [3.63, 3.8) is 0 Å². The van der Waals surface area contributed by atoms with E-state index in [9.17, 15) is 12.8 Å². The molecule has 6 heteroatoms. The molecule has 0 spiro atoms. The molecule has 3 nitrogen and oxygen atoms in total. The van der Waals surface area contributed by atoms with Gasteiger partial charge in [0.25, 0.3) is 0 Å². The number of hydrogen-bond acceptors (Lipinski definition) is 3. The highest BCUT2D eigenvalue weighted by Gasteiger charge is 2.20. The molecule has 0 bridgehead atoms. The SMILES string of the molecule is Nc1cc(Br)ccc1S(=O)(=O)Cc1ccccc1F. The van der Waals surface area contributed by atoms with Crippen LogP contribution in [0.25, 0.3) is 0 Å². The summed E-state index contributed by atoms with van der Waals surface area (Å²) in [5.74, 6) is -0.951. The Morgan fingerprint density at radius 2 is 1.84 bits per heavy atom. The van der Waals surface area contributed by atoms with Gasteiger partial charge in [0.15, 0.2) is 9.84 Å². The first-order valence-corrected chi connectivity index (χ1v) is 7.86. The van der Waals surface area contributed by atoms with Crippen LogP contribution in [0.2, 0.25) is 0 Å². The second-order valence-corrected chi connectivity index (χ2v) is 6.91. The largest absolute Gasteiger partial charge is 0.398 e. The molecule has 0 radical (unpaired) electrons. The Morgan fingerprint density at radius 1 is 1.16 bits per heavy atom. The van der Waals surface area contributed by atoms with Gasteiger partial charge in [-0.25, -0.2) is 12.8 Å². The van der Waals surface area contributed by atoms with Crippen molar-refractivity contribution in [1.29, 1.82) is 0 Å². The van der Waals surface area contributed by atoms with Crippen LogP contribution >= 0.6 is 15.9 Å². The van der Waals surface area contributed by atoms with Crippen molar-refractivity contribution in [2.75, 3.05) is 5.73 Å². The van der Waals surface area contributed by atoms with Gasteiger partial charge in [0, 0.05) is 10.0 Å². The molecule has 0 saturated carbocycles. The summed E-state index contributed by atoms with van der Waals surface area (Å²) in [6, 6.07) is 10.3. The molecule has 0 aromatic heterocycles. The van der Waals surface area contributed by atoms with Crippen molar-refractivity contribution in [2.24, 2.45) is 0 Å². The summed E-state index contributed by atoms with van der Waals surface area (Å²) in [5, 5.41) is 0. The number of sulfone groups is 1. The van der Waals surface area contributed by atoms with E-state index in [0.29, 0.717) is 4.47 Å². The molecule has 0 aliphatic carbocycles. The fraction of sp³-hybridized carbons (Fsp3) is 0.0769. The summed E-state index contributed by atoms with van der Waals surface area (Å²) in [4.78, 5) is 0.0129.